The van der Waals surface area contributed by atoms with Crippen LogP contribution in [-0.4, -0.2) is 52.0 Å². The third-order valence-electron chi connectivity index (χ3n) is 4.59. The van der Waals surface area contributed by atoms with Gasteiger partial charge in [-0.05, 0) is 29.1 Å². The molecule has 1 fully saturated rings. The second-order valence-electron chi connectivity index (χ2n) is 6.49. The monoisotopic (exact) mass is 402 g/mol. The van der Waals surface area contributed by atoms with Crippen LogP contribution < -0.4 is 0 Å². The fourth-order valence-corrected chi connectivity index (χ4v) is 3.82. The number of amides is 1. The summed E-state index contributed by atoms with van der Waals surface area (Å²) in [5.74, 6) is 1.39. The zero-order valence-electron chi connectivity index (χ0n) is 14.7. The van der Waals surface area contributed by atoms with Gasteiger partial charge in [0.25, 0.3) is 5.89 Å². The molecular formula is C19H19ClN4O2S. The zero-order valence-corrected chi connectivity index (χ0v) is 16.2. The Morgan fingerprint density at radius 2 is 1.93 bits per heavy atom. The summed E-state index contributed by atoms with van der Waals surface area (Å²) in [6.45, 7) is 3.65. The molecule has 3 aromatic rings. The number of carbonyl (C=O) groups excluding carboxylic acids is 1. The molecule has 1 aliphatic heterocycles. The minimum absolute atomic E-state index is 0.149. The van der Waals surface area contributed by atoms with Gasteiger partial charge in [-0.1, -0.05) is 28.9 Å². The number of thiophene rings is 1. The number of carbonyl (C=O) groups is 1. The quantitative estimate of drug-likeness (QED) is 0.655. The molecule has 1 aliphatic rings. The topological polar surface area (TPSA) is 62.5 Å². The van der Waals surface area contributed by atoms with Crippen LogP contribution in [0.25, 0.3) is 11.5 Å². The smallest absolute Gasteiger partial charge is 0.258 e. The van der Waals surface area contributed by atoms with Crippen LogP contribution in [0, 0.1) is 0 Å². The molecule has 2 aromatic heterocycles. The summed E-state index contributed by atoms with van der Waals surface area (Å²) in [6, 6.07) is 9.40. The number of piperazine rings is 1. The Labute approximate surface area is 166 Å². The lowest BCUT2D eigenvalue weighted by Crippen LogP contribution is -2.48. The van der Waals surface area contributed by atoms with Crippen LogP contribution in [0.1, 0.15) is 11.4 Å². The highest BCUT2D eigenvalue weighted by atomic mass is 35.5. The highest BCUT2D eigenvalue weighted by molar-refractivity contribution is 7.08. The van der Waals surface area contributed by atoms with Crippen molar-refractivity contribution in [1.82, 2.24) is 19.9 Å². The van der Waals surface area contributed by atoms with E-state index >= 15 is 0 Å². The molecule has 0 bridgehead atoms. The molecule has 0 atom stereocenters. The molecule has 8 heteroatoms. The van der Waals surface area contributed by atoms with E-state index in [2.05, 4.69) is 15.0 Å². The van der Waals surface area contributed by atoms with Gasteiger partial charge in [0.2, 0.25) is 5.91 Å². The lowest BCUT2D eigenvalue weighted by Gasteiger charge is -2.34. The van der Waals surface area contributed by atoms with E-state index in [4.69, 9.17) is 16.1 Å². The van der Waals surface area contributed by atoms with E-state index in [1.807, 2.05) is 46.0 Å². The van der Waals surface area contributed by atoms with Gasteiger partial charge in [-0.3, -0.25) is 9.69 Å². The Bertz CT molecular complexity index is 887. The van der Waals surface area contributed by atoms with Gasteiger partial charge in [0.05, 0.1) is 18.5 Å². The van der Waals surface area contributed by atoms with E-state index in [0.717, 1.165) is 24.2 Å². The normalized spacial score (nSPS) is 15.2. The molecule has 3 heterocycles. The summed E-state index contributed by atoms with van der Waals surface area (Å²) in [5.41, 5.74) is 1.94. The SMILES string of the molecule is O=C(Cc1ccc(Cl)cc1)N1CCN(Cc2noc(-c3ccsc3)n2)CC1. The lowest BCUT2D eigenvalue weighted by molar-refractivity contribution is -0.132. The third-order valence-corrected chi connectivity index (χ3v) is 5.53. The second kappa shape index (κ2) is 8.21. The van der Waals surface area contributed by atoms with Crippen LogP contribution in [-0.2, 0) is 17.8 Å². The molecule has 0 saturated carbocycles. The zero-order chi connectivity index (χ0) is 18.6. The van der Waals surface area contributed by atoms with Crippen molar-refractivity contribution in [2.75, 3.05) is 26.2 Å². The van der Waals surface area contributed by atoms with Gasteiger partial charge >= 0.3 is 0 Å². The van der Waals surface area contributed by atoms with Gasteiger partial charge in [-0.25, -0.2) is 0 Å². The number of hydrogen-bond acceptors (Lipinski definition) is 6. The predicted octanol–water partition coefficient (Wildman–Crippen LogP) is 3.34. The molecule has 0 aliphatic carbocycles. The lowest BCUT2D eigenvalue weighted by atomic mass is 10.1. The molecule has 0 unspecified atom stereocenters. The van der Waals surface area contributed by atoms with Crippen LogP contribution >= 0.6 is 22.9 Å². The van der Waals surface area contributed by atoms with Crippen LogP contribution in [0.4, 0.5) is 0 Å². The Balaban J connectivity index is 1.27. The van der Waals surface area contributed by atoms with Crippen LogP contribution in [0.5, 0.6) is 0 Å². The van der Waals surface area contributed by atoms with E-state index in [0.29, 0.717) is 42.8 Å². The van der Waals surface area contributed by atoms with Gasteiger partial charge in [-0.15, -0.1) is 0 Å². The molecule has 0 radical (unpaired) electrons. The van der Waals surface area contributed by atoms with Crippen molar-refractivity contribution < 1.29 is 9.32 Å². The highest BCUT2D eigenvalue weighted by Crippen LogP contribution is 2.20. The van der Waals surface area contributed by atoms with E-state index in [1.54, 1.807) is 11.3 Å². The molecular weight excluding hydrogens is 384 g/mol. The molecule has 6 nitrogen and oxygen atoms in total. The molecule has 4 rings (SSSR count). The van der Waals surface area contributed by atoms with Crippen LogP contribution in [0.15, 0.2) is 45.6 Å². The Hall–Kier alpha value is -2.22. The molecule has 0 spiro atoms. The molecule has 0 N–H and O–H groups in total. The van der Waals surface area contributed by atoms with Gasteiger partial charge < -0.3 is 9.42 Å². The molecule has 1 amide bonds. The molecule has 1 saturated heterocycles. The first-order valence-electron chi connectivity index (χ1n) is 8.77. The van der Waals surface area contributed by atoms with Crippen molar-refractivity contribution in [3.63, 3.8) is 0 Å². The number of halogens is 1. The van der Waals surface area contributed by atoms with Gasteiger partial charge in [0.15, 0.2) is 5.82 Å². The first-order chi connectivity index (χ1) is 13.2. The number of hydrogen-bond donors (Lipinski definition) is 0. The number of benzene rings is 1. The fourth-order valence-electron chi connectivity index (χ4n) is 3.07. The summed E-state index contributed by atoms with van der Waals surface area (Å²) >= 11 is 7.49. The summed E-state index contributed by atoms with van der Waals surface area (Å²) < 4.78 is 5.33. The predicted molar refractivity (Wildman–Crippen MR) is 105 cm³/mol. The van der Waals surface area contributed by atoms with Gasteiger partial charge in [-0.2, -0.15) is 16.3 Å². The summed E-state index contributed by atoms with van der Waals surface area (Å²) in [7, 11) is 0. The van der Waals surface area contributed by atoms with E-state index in [9.17, 15) is 4.79 Å². The number of nitrogens with zero attached hydrogens (tertiary/aromatic N) is 4. The standard InChI is InChI=1S/C19H19ClN4O2S/c20-16-3-1-14(2-4-16)11-18(25)24-8-6-23(7-9-24)12-17-21-19(26-22-17)15-5-10-27-13-15/h1-5,10,13H,6-9,11-12H2. The average molecular weight is 403 g/mol. The fraction of sp³-hybridized carbons (Fsp3) is 0.316. The summed E-state index contributed by atoms with van der Waals surface area (Å²) in [4.78, 5) is 21.1. The first-order valence-corrected chi connectivity index (χ1v) is 10.1. The largest absolute Gasteiger partial charge is 0.340 e. The van der Waals surface area contributed by atoms with Crippen LogP contribution in [0.3, 0.4) is 0 Å². The minimum Gasteiger partial charge on any atom is -0.340 e. The van der Waals surface area contributed by atoms with Crippen molar-refractivity contribution in [2.24, 2.45) is 0 Å². The Morgan fingerprint density at radius 1 is 1.15 bits per heavy atom. The first kappa shape index (κ1) is 18.2. The molecule has 27 heavy (non-hydrogen) atoms. The van der Waals surface area contributed by atoms with E-state index in [1.165, 1.54) is 0 Å². The van der Waals surface area contributed by atoms with E-state index in [-0.39, 0.29) is 5.91 Å². The van der Waals surface area contributed by atoms with Crippen LogP contribution in [0.2, 0.25) is 5.02 Å². The van der Waals surface area contributed by atoms with Crippen molar-refractivity contribution in [3.8, 4) is 11.5 Å². The van der Waals surface area contributed by atoms with Gasteiger partial charge in [0, 0.05) is 36.6 Å². The van der Waals surface area contributed by atoms with Crippen molar-refractivity contribution >= 4 is 28.8 Å². The molecule has 1 aromatic carbocycles. The highest BCUT2D eigenvalue weighted by Gasteiger charge is 2.22. The van der Waals surface area contributed by atoms with Crippen molar-refractivity contribution in [3.05, 3.63) is 57.5 Å². The Kier molecular flexibility index (Phi) is 5.52. The minimum atomic E-state index is 0.149. The molecule has 140 valence electrons. The number of rotatable bonds is 5. The van der Waals surface area contributed by atoms with E-state index < -0.39 is 0 Å². The van der Waals surface area contributed by atoms with Crippen molar-refractivity contribution in [2.45, 2.75) is 13.0 Å². The maximum absolute atomic E-state index is 12.5. The second-order valence-corrected chi connectivity index (χ2v) is 7.70. The maximum Gasteiger partial charge on any atom is 0.258 e. The van der Waals surface area contributed by atoms with Gasteiger partial charge in [0.1, 0.15) is 0 Å². The maximum atomic E-state index is 12.5. The summed E-state index contributed by atoms with van der Waals surface area (Å²) in [5, 5.41) is 8.73. The van der Waals surface area contributed by atoms with Crippen molar-refractivity contribution in [1.29, 1.82) is 0 Å². The Morgan fingerprint density at radius 3 is 2.63 bits per heavy atom. The summed E-state index contributed by atoms with van der Waals surface area (Å²) in [6.07, 6.45) is 0.409. The third kappa shape index (κ3) is 4.55. The number of aromatic nitrogens is 2. The average Bonchev–Trinajstić information content (AvgIpc) is 3.36.